The highest BCUT2D eigenvalue weighted by molar-refractivity contribution is 7.89. The van der Waals surface area contributed by atoms with Crippen LogP contribution in [0.4, 0.5) is 23.1 Å². The summed E-state index contributed by atoms with van der Waals surface area (Å²) in [6.07, 6.45) is 7.52. The number of benzene rings is 2. The zero-order valence-electron chi connectivity index (χ0n) is 32.4. The van der Waals surface area contributed by atoms with Crippen LogP contribution in [0.25, 0.3) is 0 Å². The van der Waals surface area contributed by atoms with Crippen LogP contribution in [0, 0.1) is 6.92 Å². The van der Waals surface area contributed by atoms with Crippen molar-refractivity contribution in [2.45, 2.75) is 109 Å². The van der Waals surface area contributed by atoms with Gasteiger partial charge in [0.15, 0.2) is 5.78 Å². The van der Waals surface area contributed by atoms with E-state index in [4.69, 9.17) is 4.74 Å². The van der Waals surface area contributed by atoms with Gasteiger partial charge in [-0.3, -0.25) is 14.4 Å². The van der Waals surface area contributed by atoms with E-state index in [0.717, 1.165) is 58.7 Å². The second-order valence-corrected chi connectivity index (χ2v) is 18.2. The average Bonchev–Trinajstić information content (AvgIpc) is 3.69. The molecule has 1 aliphatic heterocycles. The molecule has 1 unspecified atom stereocenters. The Morgan fingerprint density at radius 1 is 1.04 bits per heavy atom. The van der Waals surface area contributed by atoms with Crippen LogP contribution in [-0.2, 0) is 32.6 Å². The number of thiophene rings is 1. The van der Waals surface area contributed by atoms with Crippen molar-refractivity contribution in [2.24, 2.45) is 0 Å². The minimum Gasteiger partial charge on any atom is -0.494 e. The van der Waals surface area contributed by atoms with Crippen molar-refractivity contribution >= 4 is 62.0 Å². The molecule has 4 aromatic rings. The third-order valence-corrected chi connectivity index (χ3v) is 12.5. The molecular weight excluding hydrogens is 749 g/mol. The van der Waals surface area contributed by atoms with Gasteiger partial charge >= 0.3 is 0 Å². The summed E-state index contributed by atoms with van der Waals surface area (Å²) in [4.78, 5) is 50.3. The van der Waals surface area contributed by atoms with E-state index in [2.05, 4.69) is 31.9 Å². The normalized spacial score (nSPS) is 15.9. The van der Waals surface area contributed by atoms with E-state index in [0.29, 0.717) is 68.3 Å². The number of allylic oxidation sites excluding steroid dienone is 1. The molecule has 3 heterocycles. The summed E-state index contributed by atoms with van der Waals surface area (Å²) in [7, 11) is -3.70. The molecule has 12 nitrogen and oxygen atoms in total. The highest BCUT2D eigenvalue weighted by atomic mass is 32.2. The number of rotatable bonds is 17. The van der Waals surface area contributed by atoms with Gasteiger partial charge in [-0.25, -0.2) is 18.1 Å². The topological polar surface area (TPSA) is 160 Å². The molecule has 6 rings (SSSR count). The third kappa shape index (κ3) is 10.5. The van der Waals surface area contributed by atoms with Gasteiger partial charge in [-0.05, 0) is 114 Å². The maximum atomic E-state index is 13.1. The number of aryl methyl sites for hydroxylation is 2. The number of hydrogen-bond donors (Lipinski definition) is 3. The quantitative estimate of drug-likeness (QED) is 0.0702. The second kappa shape index (κ2) is 17.5. The van der Waals surface area contributed by atoms with Crippen LogP contribution >= 0.6 is 11.3 Å². The fraction of sp³-hybridized carbons (Fsp3) is 0.405. The van der Waals surface area contributed by atoms with E-state index < -0.39 is 15.6 Å². The van der Waals surface area contributed by atoms with Gasteiger partial charge in [0.05, 0.1) is 23.1 Å². The van der Waals surface area contributed by atoms with Crippen molar-refractivity contribution in [3.8, 4) is 5.75 Å². The molecule has 56 heavy (non-hydrogen) atoms. The molecule has 1 amide bonds. The third-order valence-electron chi connectivity index (χ3n) is 9.67. The van der Waals surface area contributed by atoms with E-state index in [-0.39, 0.29) is 28.4 Å². The first-order valence-corrected chi connectivity index (χ1v) is 21.4. The standard InChI is InChI=1S/C42H50N6O6S2/c1-27-13-19-36(37(50)22-27)48-25-34-35(40(48)51)26-55-38(34)20-16-31(49)11-7-6-8-21-54-32-17-14-29(15-18-32)45-41-43-24-28(2)39(46-41)44-30-10-9-12-33(23-30)56(52,53)47-42(3,4)5/h9-10,12,14-15,17-18,23-24,26,36,47H,1,6-8,11,13,16,19-22,25H2,2-5H3,(H2,43,44,45,46). The molecule has 0 saturated heterocycles. The molecule has 2 aliphatic rings. The van der Waals surface area contributed by atoms with Crippen LogP contribution in [-0.4, -0.2) is 58.9 Å². The smallest absolute Gasteiger partial charge is 0.255 e. The molecular formula is C42H50N6O6S2. The van der Waals surface area contributed by atoms with Crippen molar-refractivity contribution in [3.05, 3.63) is 93.8 Å². The molecule has 14 heteroatoms. The van der Waals surface area contributed by atoms with Crippen molar-refractivity contribution in [2.75, 3.05) is 17.2 Å². The van der Waals surface area contributed by atoms with Crippen LogP contribution < -0.4 is 20.1 Å². The monoisotopic (exact) mass is 798 g/mol. The number of aromatic nitrogens is 2. The Labute approximate surface area is 333 Å². The number of amides is 1. The number of nitrogens with one attached hydrogen (secondary N) is 3. The highest BCUT2D eigenvalue weighted by Crippen LogP contribution is 2.36. The molecule has 1 atom stereocenters. The predicted octanol–water partition coefficient (Wildman–Crippen LogP) is 8.19. The lowest BCUT2D eigenvalue weighted by Gasteiger charge is -2.30. The summed E-state index contributed by atoms with van der Waals surface area (Å²) in [5, 5.41) is 8.31. The zero-order chi connectivity index (χ0) is 40.0. The number of anilines is 4. The van der Waals surface area contributed by atoms with Crippen LogP contribution in [0.1, 0.15) is 98.5 Å². The molecule has 1 saturated carbocycles. The minimum atomic E-state index is -3.70. The summed E-state index contributed by atoms with van der Waals surface area (Å²) < 4.78 is 34.3. The van der Waals surface area contributed by atoms with Gasteiger partial charge in [0, 0.05) is 64.7 Å². The van der Waals surface area contributed by atoms with Crippen LogP contribution in [0.2, 0.25) is 0 Å². The Bertz CT molecular complexity index is 2210. The Morgan fingerprint density at radius 2 is 1.82 bits per heavy atom. The Kier molecular flexibility index (Phi) is 12.7. The summed E-state index contributed by atoms with van der Waals surface area (Å²) in [6, 6.07) is 13.7. The molecule has 1 fully saturated rings. The fourth-order valence-corrected chi connectivity index (χ4v) is 9.32. The Morgan fingerprint density at radius 3 is 2.57 bits per heavy atom. The fourth-order valence-electron chi connectivity index (χ4n) is 6.82. The van der Waals surface area contributed by atoms with Gasteiger partial charge in [-0.2, -0.15) is 4.98 Å². The summed E-state index contributed by atoms with van der Waals surface area (Å²) in [6.45, 7) is 12.2. The molecule has 1 aliphatic carbocycles. The molecule has 3 N–H and O–H groups in total. The predicted molar refractivity (Wildman–Crippen MR) is 220 cm³/mol. The molecule has 296 valence electrons. The highest BCUT2D eigenvalue weighted by Gasteiger charge is 2.39. The Hall–Kier alpha value is -4.92. The summed E-state index contributed by atoms with van der Waals surface area (Å²) >= 11 is 1.54. The first-order chi connectivity index (χ1) is 26.6. The second-order valence-electron chi connectivity index (χ2n) is 15.5. The number of carbonyl (C=O) groups is 3. The van der Waals surface area contributed by atoms with Gasteiger partial charge in [0.2, 0.25) is 16.0 Å². The number of Topliss-reactive ketones (excluding diaryl/α,β-unsaturated/α-hetero) is 2. The van der Waals surface area contributed by atoms with Gasteiger partial charge in [-0.15, -0.1) is 11.3 Å². The maximum Gasteiger partial charge on any atom is 0.255 e. The van der Waals surface area contributed by atoms with E-state index in [1.807, 2.05) is 36.6 Å². The number of ether oxygens (including phenoxy) is 1. The van der Waals surface area contributed by atoms with E-state index in [9.17, 15) is 22.8 Å². The van der Waals surface area contributed by atoms with Gasteiger partial charge in [0.25, 0.3) is 5.91 Å². The number of unbranched alkanes of at least 4 members (excludes halogenated alkanes) is 2. The number of ketones is 2. The van der Waals surface area contributed by atoms with Crippen LogP contribution in [0.5, 0.6) is 5.75 Å². The minimum absolute atomic E-state index is 0.0681. The zero-order valence-corrected chi connectivity index (χ0v) is 34.1. The SMILES string of the molecule is C=C1CCC(N2Cc3c(csc3CCC(=O)CCCCCOc3ccc(Nc4ncc(C)c(Nc5cccc(S(=O)(=O)NC(C)(C)C)c5)n4)cc3)C2=O)C(=O)C1. The molecule has 0 bridgehead atoms. The lowest BCUT2D eigenvalue weighted by atomic mass is 9.89. The molecule has 0 radical (unpaired) electrons. The molecule has 2 aromatic carbocycles. The number of sulfonamides is 1. The van der Waals surface area contributed by atoms with Crippen molar-refractivity contribution in [3.63, 3.8) is 0 Å². The van der Waals surface area contributed by atoms with E-state index >= 15 is 0 Å². The lowest BCUT2D eigenvalue weighted by molar-refractivity contribution is -0.124. The molecule has 0 spiro atoms. The van der Waals surface area contributed by atoms with E-state index in [1.165, 1.54) is 11.3 Å². The van der Waals surface area contributed by atoms with Crippen LogP contribution in [0.3, 0.4) is 0 Å². The van der Waals surface area contributed by atoms with Gasteiger partial charge in [0.1, 0.15) is 17.4 Å². The summed E-state index contributed by atoms with van der Waals surface area (Å²) in [5.74, 6) is 1.87. The first-order valence-electron chi connectivity index (χ1n) is 19.0. The number of fused-ring (bicyclic) bond motifs is 1. The summed E-state index contributed by atoms with van der Waals surface area (Å²) in [5.41, 5.74) is 4.14. The Balaban J connectivity index is 0.897. The van der Waals surface area contributed by atoms with Crippen molar-refractivity contribution in [1.29, 1.82) is 0 Å². The number of hydrogen-bond acceptors (Lipinski definition) is 11. The first kappa shape index (κ1) is 40.7. The number of carbonyl (C=O) groups excluding carboxylic acids is 3. The van der Waals surface area contributed by atoms with Crippen molar-refractivity contribution < 1.29 is 27.5 Å². The number of nitrogens with zero attached hydrogens (tertiary/aromatic N) is 3. The average molecular weight is 799 g/mol. The van der Waals surface area contributed by atoms with E-state index in [1.54, 1.807) is 56.1 Å². The maximum absolute atomic E-state index is 13.1. The lowest BCUT2D eigenvalue weighted by Crippen LogP contribution is -2.43. The molecule has 2 aromatic heterocycles. The van der Waals surface area contributed by atoms with Gasteiger partial charge < -0.3 is 20.3 Å². The van der Waals surface area contributed by atoms with Gasteiger partial charge in [-0.1, -0.05) is 18.2 Å². The van der Waals surface area contributed by atoms with Crippen LogP contribution in [0.15, 0.2) is 77.2 Å². The van der Waals surface area contributed by atoms with Crippen molar-refractivity contribution in [1.82, 2.24) is 19.6 Å². The largest absolute Gasteiger partial charge is 0.494 e.